The summed E-state index contributed by atoms with van der Waals surface area (Å²) in [6.45, 7) is 2.14. The van der Waals surface area contributed by atoms with Crippen molar-refractivity contribution in [2.45, 2.75) is 6.92 Å². The van der Waals surface area contributed by atoms with Gasteiger partial charge in [0, 0.05) is 0 Å². The van der Waals surface area contributed by atoms with E-state index in [1.807, 2.05) is 0 Å². The predicted molar refractivity (Wildman–Crippen MR) is 35.3 cm³/mol. The Labute approximate surface area is 54.2 Å². The van der Waals surface area contributed by atoms with E-state index in [9.17, 15) is 0 Å². The van der Waals surface area contributed by atoms with Gasteiger partial charge in [0.05, 0.1) is 25.5 Å². The van der Waals surface area contributed by atoms with E-state index < -0.39 is 0 Å². The molecule has 0 amide bonds. The molecular weight excluding hydrogens is 120 g/mol. The van der Waals surface area contributed by atoms with Crippen molar-refractivity contribution in [2.24, 2.45) is 5.10 Å². The van der Waals surface area contributed by atoms with Gasteiger partial charge in [0.2, 0.25) is 0 Å². The molecule has 0 aliphatic heterocycles. The van der Waals surface area contributed by atoms with Crippen LogP contribution in [-0.2, 0) is 0 Å². The van der Waals surface area contributed by atoms with E-state index >= 15 is 0 Å². The molecule has 0 aliphatic rings. The molecule has 0 unspecified atom stereocenters. The van der Waals surface area contributed by atoms with Crippen molar-refractivity contribution >= 4 is 5.71 Å². The van der Waals surface area contributed by atoms with Gasteiger partial charge in [0.25, 0.3) is 0 Å². The molecule has 0 spiro atoms. The number of aliphatic hydroxyl groups is 2. The normalized spacial score (nSPS) is 11.7. The summed E-state index contributed by atoms with van der Waals surface area (Å²) >= 11 is 0. The predicted octanol–water partition coefficient (Wildman–Crippen LogP) is -1.06. The van der Waals surface area contributed by atoms with E-state index in [2.05, 4.69) is 10.5 Å². The fourth-order valence-corrected chi connectivity index (χ4v) is 0.276. The molecule has 0 aromatic carbocycles. The topological polar surface area (TPSA) is 64.9 Å². The molecule has 0 aliphatic carbocycles. The van der Waals surface area contributed by atoms with Gasteiger partial charge in [-0.3, -0.25) is 0 Å². The lowest BCUT2D eigenvalue weighted by Crippen LogP contribution is -2.14. The summed E-state index contributed by atoms with van der Waals surface area (Å²) in [4.78, 5) is 0. The Morgan fingerprint density at radius 3 is 2.67 bits per heavy atom. The van der Waals surface area contributed by atoms with Crippen LogP contribution >= 0.6 is 0 Å². The van der Waals surface area contributed by atoms with Gasteiger partial charge < -0.3 is 15.6 Å². The zero-order chi connectivity index (χ0) is 7.11. The van der Waals surface area contributed by atoms with Crippen LogP contribution in [0.4, 0.5) is 0 Å². The number of nitrogens with zero attached hydrogens (tertiary/aromatic N) is 1. The van der Waals surface area contributed by atoms with Crippen LogP contribution in [0.25, 0.3) is 0 Å². The molecule has 0 fully saturated rings. The van der Waals surface area contributed by atoms with Gasteiger partial charge in [-0.1, -0.05) is 0 Å². The number of hydrazone groups is 1. The first-order valence-electron chi connectivity index (χ1n) is 2.79. The van der Waals surface area contributed by atoms with Crippen molar-refractivity contribution in [3.8, 4) is 0 Å². The lowest BCUT2D eigenvalue weighted by Gasteiger charge is -1.96. The molecule has 9 heavy (non-hydrogen) atoms. The first-order chi connectivity index (χ1) is 4.31. The zero-order valence-corrected chi connectivity index (χ0v) is 5.46. The molecule has 0 saturated heterocycles. The molecule has 0 heterocycles. The lowest BCUT2D eigenvalue weighted by atomic mass is 10.5. The van der Waals surface area contributed by atoms with E-state index in [0.717, 1.165) is 0 Å². The maximum absolute atomic E-state index is 8.40. The molecule has 0 saturated carbocycles. The monoisotopic (exact) mass is 132 g/mol. The van der Waals surface area contributed by atoms with Gasteiger partial charge >= 0.3 is 0 Å². The van der Waals surface area contributed by atoms with Gasteiger partial charge in [0.15, 0.2) is 0 Å². The van der Waals surface area contributed by atoms with Crippen LogP contribution in [0.15, 0.2) is 5.10 Å². The highest BCUT2D eigenvalue weighted by Gasteiger charge is 1.83. The second-order valence-electron chi connectivity index (χ2n) is 1.64. The summed E-state index contributed by atoms with van der Waals surface area (Å²) in [6.07, 6.45) is 0. The first kappa shape index (κ1) is 8.39. The fraction of sp³-hybridized carbons (Fsp3) is 0.800. The Morgan fingerprint density at radius 2 is 2.22 bits per heavy atom. The number of hydrogen-bond donors (Lipinski definition) is 3. The maximum atomic E-state index is 8.40. The van der Waals surface area contributed by atoms with Crippen molar-refractivity contribution in [1.29, 1.82) is 0 Å². The summed E-state index contributed by atoms with van der Waals surface area (Å²) in [5, 5.41) is 20.3. The summed E-state index contributed by atoms with van der Waals surface area (Å²) in [5.41, 5.74) is 3.18. The highest BCUT2D eigenvalue weighted by molar-refractivity contribution is 5.82. The Hall–Kier alpha value is -0.610. The lowest BCUT2D eigenvalue weighted by molar-refractivity contribution is 0.293. The minimum Gasteiger partial charge on any atom is -0.394 e. The molecule has 54 valence electrons. The maximum Gasteiger partial charge on any atom is 0.0828 e. The van der Waals surface area contributed by atoms with Crippen LogP contribution in [0.1, 0.15) is 6.92 Å². The minimum atomic E-state index is -0.0432. The molecule has 4 nitrogen and oxygen atoms in total. The number of hydrogen-bond acceptors (Lipinski definition) is 4. The number of nitrogens with one attached hydrogen (secondary N) is 1. The second kappa shape index (κ2) is 5.53. The van der Waals surface area contributed by atoms with Crippen LogP contribution in [-0.4, -0.2) is 35.7 Å². The van der Waals surface area contributed by atoms with Crippen molar-refractivity contribution < 1.29 is 10.2 Å². The Kier molecular flexibility index (Phi) is 5.15. The smallest absolute Gasteiger partial charge is 0.0828 e. The number of rotatable bonds is 4. The largest absolute Gasteiger partial charge is 0.394 e. The molecule has 0 rings (SSSR count). The van der Waals surface area contributed by atoms with E-state index in [4.69, 9.17) is 10.2 Å². The van der Waals surface area contributed by atoms with Gasteiger partial charge in [-0.25, -0.2) is 0 Å². The van der Waals surface area contributed by atoms with Gasteiger partial charge in [-0.05, 0) is 6.92 Å². The minimum absolute atomic E-state index is 0.0432. The quantitative estimate of drug-likeness (QED) is 0.259. The average Bonchev–Trinajstić information content (AvgIpc) is 1.89. The van der Waals surface area contributed by atoms with Gasteiger partial charge in [0.1, 0.15) is 0 Å². The first-order valence-corrected chi connectivity index (χ1v) is 2.79. The third kappa shape index (κ3) is 5.26. The van der Waals surface area contributed by atoms with Gasteiger partial charge in [-0.15, -0.1) is 0 Å². The van der Waals surface area contributed by atoms with Crippen molar-refractivity contribution in [2.75, 3.05) is 19.8 Å². The van der Waals surface area contributed by atoms with Crippen LogP contribution in [0, 0.1) is 0 Å². The SMILES string of the molecule is C/C(CO)=N\NCCO. The van der Waals surface area contributed by atoms with E-state index in [0.29, 0.717) is 12.3 Å². The van der Waals surface area contributed by atoms with Crippen LogP contribution in [0.3, 0.4) is 0 Å². The molecule has 4 heteroatoms. The van der Waals surface area contributed by atoms with E-state index in [1.165, 1.54) is 0 Å². The Morgan fingerprint density at radius 1 is 1.56 bits per heavy atom. The molecule has 0 bridgehead atoms. The van der Waals surface area contributed by atoms with E-state index in [-0.39, 0.29) is 13.2 Å². The van der Waals surface area contributed by atoms with E-state index in [1.54, 1.807) is 6.92 Å². The highest BCUT2D eigenvalue weighted by atomic mass is 16.3. The van der Waals surface area contributed by atoms with Crippen LogP contribution in [0.2, 0.25) is 0 Å². The molecule has 0 aromatic heterocycles. The van der Waals surface area contributed by atoms with Gasteiger partial charge in [-0.2, -0.15) is 5.10 Å². The highest BCUT2D eigenvalue weighted by Crippen LogP contribution is 1.69. The Bertz CT molecular complexity index is 93.0. The van der Waals surface area contributed by atoms with Crippen molar-refractivity contribution in [1.82, 2.24) is 5.43 Å². The van der Waals surface area contributed by atoms with Crippen LogP contribution < -0.4 is 5.43 Å². The van der Waals surface area contributed by atoms with Crippen molar-refractivity contribution in [3.05, 3.63) is 0 Å². The summed E-state index contributed by atoms with van der Waals surface area (Å²) in [5.74, 6) is 0. The third-order valence-corrected chi connectivity index (χ3v) is 0.722. The molecular formula is C5H12N2O2. The standard InChI is InChI=1S/C5H12N2O2/c1-5(4-9)7-6-2-3-8/h6,8-9H,2-4H2,1H3/b7-5+. The average molecular weight is 132 g/mol. The molecule has 0 atom stereocenters. The zero-order valence-electron chi connectivity index (χ0n) is 5.46. The number of aliphatic hydroxyl groups excluding tert-OH is 2. The van der Waals surface area contributed by atoms with Crippen molar-refractivity contribution in [3.63, 3.8) is 0 Å². The second-order valence-corrected chi connectivity index (χ2v) is 1.64. The third-order valence-electron chi connectivity index (χ3n) is 0.722. The summed E-state index contributed by atoms with van der Waals surface area (Å²) < 4.78 is 0. The fourth-order valence-electron chi connectivity index (χ4n) is 0.276. The molecule has 0 radical (unpaired) electrons. The summed E-state index contributed by atoms with van der Waals surface area (Å²) in [6, 6.07) is 0. The van der Waals surface area contributed by atoms with Crippen LogP contribution in [0.5, 0.6) is 0 Å². The Balaban J connectivity index is 3.21. The molecule has 3 N–H and O–H groups in total. The molecule has 0 aromatic rings. The summed E-state index contributed by atoms with van der Waals surface area (Å²) in [7, 11) is 0.